The van der Waals surface area contributed by atoms with E-state index in [0.717, 1.165) is 0 Å². The van der Waals surface area contributed by atoms with Crippen LogP contribution in [0.1, 0.15) is 10.4 Å². The van der Waals surface area contributed by atoms with Crippen LogP contribution < -0.4 is 0 Å². The number of carbonyl (C=O) groups is 1. The number of aromatic hydroxyl groups is 1. The molecule has 0 radical (unpaired) electrons. The van der Waals surface area contributed by atoms with Crippen molar-refractivity contribution in [2.45, 2.75) is 0 Å². The molecule has 0 saturated carbocycles. The van der Waals surface area contributed by atoms with Crippen LogP contribution in [-0.4, -0.2) is 11.4 Å². The molecule has 11 heavy (non-hydrogen) atoms. The topological polar surface area (TPSA) is 37.3 Å². The lowest BCUT2D eigenvalue weighted by Crippen LogP contribution is -1.83. The second-order valence-corrected chi connectivity index (χ2v) is 3.65. The van der Waals surface area contributed by atoms with Gasteiger partial charge in [-0.25, -0.2) is 0 Å². The van der Waals surface area contributed by atoms with E-state index in [9.17, 15) is 4.79 Å². The van der Waals surface area contributed by atoms with E-state index in [1.165, 1.54) is 12.1 Å². The number of hydrogen-bond acceptors (Lipinski definition) is 2. The van der Waals surface area contributed by atoms with Crippen LogP contribution in [0.4, 0.5) is 0 Å². The maximum Gasteiger partial charge on any atom is 0.152 e. The Morgan fingerprint density at radius 2 is 1.73 bits per heavy atom. The first-order valence-corrected chi connectivity index (χ1v) is 4.37. The zero-order valence-electron chi connectivity index (χ0n) is 5.34. The summed E-state index contributed by atoms with van der Waals surface area (Å²) in [6.07, 6.45) is 0.716. The Labute approximate surface area is 80.5 Å². The standard InChI is InChI=1S/C7H4Br2O2/c8-6-1-4(11)2-7(9)5(6)3-10/h1-3,11H. The quantitative estimate of drug-likeness (QED) is 0.803. The van der Waals surface area contributed by atoms with Gasteiger partial charge in [0, 0.05) is 14.5 Å². The summed E-state index contributed by atoms with van der Waals surface area (Å²) in [4.78, 5) is 10.4. The van der Waals surface area contributed by atoms with Gasteiger partial charge in [0.15, 0.2) is 6.29 Å². The van der Waals surface area contributed by atoms with Gasteiger partial charge in [-0.2, -0.15) is 0 Å². The molecule has 1 aromatic carbocycles. The minimum absolute atomic E-state index is 0.120. The monoisotopic (exact) mass is 278 g/mol. The molecule has 0 fully saturated rings. The Kier molecular flexibility index (Phi) is 2.67. The maximum absolute atomic E-state index is 10.4. The van der Waals surface area contributed by atoms with Crippen molar-refractivity contribution in [1.29, 1.82) is 0 Å². The van der Waals surface area contributed by atoms with Gasteiger partial charge in [-0.1, -0.05) is 0 Å². The summed E-state index contributed by atoms with van der Waals surface area (Å²) in [5.74, 6) is 0.120. The van der Waals surface area contributed by atoms with Crippen LogP contribution in [0.3, 0.4) is 0 Å². The second kappa shape index (κ2) is 3.36. The molecule has 0 bridgehead atoms. The van der Waals surface area contributed by atoms with Gasteiger partial charge >= 0.3 is 0 Å². The third-order valence-corrected chi connectivity index (χ3v) is 2.49. The van der Waals surface area contributed by atoms with Crippen molar-refractivity contribution in [2.75, 3.05) is 0 Å². The summed E-state index contributed by atoms with van der Waals surface area (Å²) in [5, 5.41) is 9.04. The van der Waals surface area contributed by atoms with Crippen LogP contribution in [0.5, 0.6) is 5.75 Å². The molecule has 58 valence electrons. The molecule has 0 aliphatic heterocycles. The molecule has 1 aromatic rings. The maximum atomic E-state index is 10.4. The summed E-state index contributed by atoms with van der Waals surface area (Å²) < 4.78 is 1.17. The van der Waals surface area contributed by atoms with E-state index in [1.54, 1.807) is 0 Å². The Morgan fingerprint density at radius 1 is 1.27 bits per heavy atom. The van der Waals surface area contributed by atoms with Crippen LogP contribution in [0.15, 0.2) is 21.1 Å². The number of rotatable bonds is 1. The van der Waals surface area contributed by atoms with Crippen molar-refractivity contribution < 1.29 is 9.90 Å². The molecule has 0 atom stereocenters. The molecule has 0 aliphatic carbocycles. The fourth-order valence-electron chi connectivity index (χ4n) is 0.684. The van der Waals surface area contributed by atoms with Crippen LogP contribution in [0.2, 0.25) is 0 Å². The predicted octanol–water partition coefficient (Wildman–Crippen LogP) is 2.73. The number of halogens is 2. The van der Waals surface area contributed by atoms with Crippen LogP contribution in [0, 0.1) is 0 Å². The summed E-state index contributed by atoms with van der Waals surface area (Å²) in [6.45, 7) is 0. The molecule has 0 aromatic heterocycles. The zero-order valence-corrected chi connectivity index (χ0v) is 8.52. The predicted molar refractivity (Wildman–Crippen MR) is 48.9 cm³/mol. The minimum atomic E-state index is 0.120. The summed E-state index contributed by atoms with van der Waals surface area (Å²) in [7, 11) is 0. The van der Waals surface area contributed by atoms with E-state index in [4.69, 9.17) is 5.11 Å². The summed E-state index contributed by atoms with van der Waals surface area (Å²) in [5.41, 5.74) is 0.503. The van der Waals surface area contributed by atoms with Gasteiger partial charge in [-0.05, 0) is 44.0 Å². The first-order chi connectivity index (χ1) is 5.15. The van der Waals surface area contributed by atoms with Gasteiger partial charge in [0.05, 0.1) is 0 Å². The molecule has 1 N–H and O–H groups in total. The first kappa shape index (κ1) is 8.74. The number of benzene rings is 1. The fraction of sp³-hybridized carbons (Fsp3) is 0. The molecule has 2 nitrogen and oxygen atoms in total. The lowest BCUT2D eigenvalue weighted by molar-refractivity contribution is 0.112. The van der Waals surface area contributed by atoms with Crippen molar-refractivity contribution in [3.05, 3.63) is 26.6 Å². The Hall–Kier alpha value is -0.350. The Balaban J connectivity index is 3.36. The van der Waals surface area contributed by atoms with Gasteiger partial charge in [0.1, 0.15) is 5.75 Å². The van der Waals surface area contributed by atoms with Crippen molar-refractivity contribution >= 4 is 38.1 Å². The lowest BCUT2D eigenvalue weighted by Gasteiger charge is -1.99. The SMILES string of the molecule is O=Cc1c(Br)cc(O)cc1Br. The Morgan fingerprint density at radius 3 is 2.09 bits per heavy atom. The molecule has 0 spiro atoms. The molecule has 0 unspecified atom stereocenters. The van der Waals surface area contributed by atoms with Crippen molar-refractivity contribution in [3.63, 3.8) is 0 Å². The highest BCUT2D eigenvalue weighted by Crippen LogP contribution is 2.28. The highest BCUT2D eigenvalue weighted by Gasteiger charge is 2.04. The van der Waals surface area contributed by atoms with Crippen LogP contribution in [-0.2, 0) is 0 Å². The third kappa shape index (κ3) is 1.81. The van der Waals surface area contributed by atoms with Crippen LogP contribution in [0.25, 0.3) is 0 Å². The lowest BCUT2D eigenvalue weighted by atomic mass is 10.2. The molecule has 0 aliphatic rings. The number of carbonyl (C=O) groups excluding carboxylic acids is 1. The average Bonchev–Trinajstić information content (AvgIpc) is 1.85. The minimum Gasteiger partial charge on any atom is -0.508 e. The van der Waals surface area contributed by atoms with Crippen molar-refractivity contribution in [1.82, 2.24) is 0 Å². The first-order valence-electron chi connectivity index (χ1n) is 2.78. The molecular formula is C7H4Br2O2. The highest BCUT2D eigenvalue weighted by molar-refractivity contribution is 9.11. The molecule has 4 heteroatoms. The smallest absolute Gasteiger partial charge is 0.152 e. The molecule has 0 saturated heterocycles. The fourth-order valence-corrected chi connectivity index (χ4v) is 2.03. The number of aldehydes is 1. The second-order valence-electron chi connectivity index (χ2n) is 1.94. The van der Waals surface area contributed by atoms with E-state index < -0.39 is 0 Å². The Bertz CT molecular complexity index is 273. The van der Waals surface area contributed by atoms with Gasteiger partial charge in [0.2, 0.25) is 0 Å². The van der Waals surface area contributed by atoms with Gasteiger partial charge < -0.3 is 5.11 Å². The van der Waals surface area contributed by atoms with Gasteiger partial charge in [0.25, 0.3) is 0 Å². The number of phenolic OH excluding ortho intramolecular Hbond substituents is 1. The van der Waals surface area contributed by atoms with Gasteiger partial charge in [-0.3, -0.25) is 4.79 Å². The molecule has 0 heterocycles. The average molecular weight is 280 g/mol. The summed E-state index contributed by atoms with van der Waals surface area (Å²) >= 11 is 6.27. The van der Waals surface area contributed by atoms with Gasteiger partial charge in [-0.15, -0.1) is 0 Å². The third-order valence-electron chi connectivity index (χ3n) is 1.18. The van der Waals surface area contributed by atoms with Crippen molar-refractivity contribution in [3.8, 4) is 5.75 Å². The normalized spacial score (nSPS) is 9.64. The highest BCUT2D eigenvalue weighted by atomic mass is 79.9. The van der Waals surface area contributed by atoms with E-state index in [2.05, 4.69) is 31.9 Å². The van der Waals surface area contributed by atoms with Crippen LogP contribution >= 0.6 is 31.9 Å². The molecule has 1 rings (SSSR count). The van der Waals surface area contributed by atoms with Crippen molar-refractivity contribution in [2.24, 2.45) is 0 Å². The van der Waals surface area contributed by atoms with E-state index in [1.807, 2.05) is 0 Å². The summed E-state index contributed by atoms with van der Waals surface area (Å²) in [6, 6.07) is 2.93. The largest absolute Gasteiger partial charge is 0.508 e. The van der Waals surface area contributed by atoms with E-state index in [0.29, 0.717) is 20.8 Å². The number of hydrogen-bond donors (Lipinski definition) is 1. The van der Waals surface area contributed by atoms with E-state index in [-0.39, 0.29) is 5.75 Å². The number of phenols is 1. The van der Waals surface area contributed by atoms with E-state index >= 15 is 0 Å². The molecular weight excluding hydrogens is 276 g/mol. The zero-order chi connectivity index (χ0) is 8.43. The molecule has 0 amide bonds.